The van der Waals surface area contributed by atoms with Crippen molar-refractivity contribution in [2.75, 3.05) is 13.7 Å². The second kappa shape index (κ2) is 4.09. The molecular formula is C10H16O4. The Labute approximate surface area is 83.6 Å². The molecule has 0 radical (unpaired) electrons. The summed E-state index contributed by atoms with van der Waals surface area (Å²) in [5.74, 6) is -1.41. The largest absolute Gasteiger partial charge is 0.468 e. The molecule has 0 bridgehead atoms. The van der Waals surface area contributed by atoms with E-state index in [2.05, 4.69) is 4.74 Å². The van der Waals surface area contributed by atoms with Crippen LogP contribution < -0.4 is 0 Å². The Balaban J connectivity index is 2.68. The maximum atomic E-state index is 11.8. The van der Waals surface area contributed by atoms with Crippen molar-refractivity contribution in [2.24, 2.45) is 5.92 Å². The standard InChI is InChI=1S/C10H16O4/c1-7(9(12)13-3)8(11)10(2)5-4-6-14-10/h7H,4-6H2,1-3H3. The predicted molar refractivity (Wildman–Crippen MR) is 49.8 cm³/mol. The van der Waals surface area contributed by atoms with Gasteiger partial charge in [0, 0.05) is 6.61 Å². The van der Waals surface area contributed by atoms with E-state index in [9.17, 15) is 9.59 Å². The number of Topliss-reactive ketones (excluding diaryl/α,β-unsaturated/α-hetero) is 1. The highest BCUT2D eigenvalue weighted by molar-refractivity contribution is 6.02. The first-order valence-electron chi connectivity index (χ1n) is 4.77. The van der Waals surface area contributed by atoms with Crippen LogP contribution in [0, 0.1) is 5.92 Å². The molecular weight excluding hydrogens is 184 g/mol. The van der Waals surface area contributed by atoms with Crippen molar-refractivity contribution >= 4 is 11.8 Å². The highest BCUT2D eigenvalue weighted by atomic mass is 16.5. The summed E-state index contributed by atoms with van der Waals surface area (Å²) in [4.78, 5) is 23.0. The maximum Gasteiger partial charge on any atom is 0.316 e. The second-order valence-corrected chi connectivity index (χ2v) is 3.79. The van der Waals surface area contributed by atoms with Gasteiger partial charge in [-0.1, -0.05) is 0 Å². The normalized spacial score (nSPS) is 28.5. The van der Waals surface area contributed by atoms with Crippen molar-refractivity contribution in [1.82, 2.24) is 0 Å². The van der Waals surface area contributed by atoms with Gasteiger partial charge in [-0.05, 0) is 26.7 Å². The van der Waals surface area contributed by atoms with E-state index in [1.54, 1.807) is 13.8 Å². The van der Waals surface area contributed by atoms with Gasteiger partial charge in [-0.3, -0.25) is 9.59 Å². The van der Waals surface area contributed by atoms with Crippen molar-refractivity contribution in [3.05, 3.63) is 0 Å². The van der Waals surface area contributed by atoms with E-state index in [1.165, 1.54) is 7.11 Å². The lowest BCUT2D eigenvalue weighted by atomic mass is 9.89. The fourth-order valence-corrected chi connectivity index (χ4v) is 1.72. The number of methoxy groups -OCH3 is 1. The molecule has 0 aromatic carbocycles. The molecule has 0 aliphatic carbocycles. The number of carbonyl (C=O) groups is 2. The monoisotopic (exact) mass is 200 g/mol. The quantitative estimate of drug-likeness (QED) is 0.502. The fraction of sp³-hybridized carbons (Fsp3) is 0.800. The molecule has 1 fully saturated rings. The van der Waals surface area contributed by atoms with E-state index in [0.29, 0.717) is 13.0 Å². The molecule has 1 aliphatic heterocycles. The number of esters is 1. The van der Waals surface area contributed by atoms with E-state index in [4.69, 9.17) is 4.74 Å². The summed E-state index contributed by atoms with van der Waals surface area (Å²) in [6.45, 7) is 3.89. The Kier molecular flexibility index (Phi) is 3.26. The molecule has 1 saturated heterocycles. The van der Waals surface area contributed by atoms with Crippen molar-refractivity contribution in [3.8, 4) is 0 Å². The SMILES string of the molecule is COC(=O)C(C)C(=O)C1(C)CCCO1. The van der Waals surface area contributed by atoms with Gasteiger partial charge < -0.3 is 9.47 Å². The van der Waals surface area contributed by atoms with Crippen molar-refractivity contribution in [1.29, 1.82) is 0 Å². The molecule has 1 rings (SSSR count). The summed E-state index contributed by atoms with van der Waals surface area (Å²) in [5, 5.41) is 0. The second-order valence-electron chi connectivity index (χ2n) is 3.79. The minimum Gasteiger partial charge on any atom is -0.468 e. The summed E-state index contributed by atoms with van der Waals surface area (Å²) in [6.07, 6.45) is 1.56. The smallest absolute Gasteiger partial charge is 0.316 e. The van der Waals surface area contributed by atoms with Crippen LogP contribution in [0.2, 0.25) is 0 Å². The first-order chi connectivity index (χ1) is 6.51. The number of carbonyl (C=O) groups excluding carboxylic acids is 2. The van der Waals surface area contributed by atoms with Crippen molar-refractivity contribution in [3.63, 3.8) is 0 Å². The van der Waals surface area contributed by atoms with E-state index in [-0.39, 0.29) is 5.78 Å². The van der Waals surface area contributed by atoms with Crippen LogP contribution in [0.1, 0.15) is 26.7 Å². The molecule has 4 nitrogen and oxygen atoms in total. The Morgan fingerprint density at radius 3 is 2.57 bits per heavy atom. The average molecular weight is 200 g/mol. The Hall–Kier alpha value is -0.900. The minimum atomic E-state index is -0.784. The Morgan fingerprint density at radius 1 is 1.50 bits per heavy atom. The molecule has 1 aliphatic rings. The number of hydrogen-bond donors (Lipinski definition) is 0. The molecule has 2 unspecified atom stereocenters. The topological polar surface area (TPSA) is 52.6 Å². The molecule has 0 saturated carbocycles. The summed E-state index contributed by atoms with van der Waals surface area (Å²) in [6, 6.07) is 0. The summed E-state index contributed by atoms with van der Waals surface area (Å²) < 4.78 is 9.88. The van der Waals surface area contributed by atoms with Gasteiger partial charge in [0.15, 0.2) is 5.78 Å². The first-order valence-corrected chi connectivity index (χ1v) is 4.77. The molecule has 0 spiro atoms. The molecule has 4 heteroatoms. The van der Waals surface area contributed by atoms with Gasteiger partial charge >= 0.3 is 5.97 Å². The van der Waals surface area contributed by atoms with Gasteiger partial charge in [0.05, 0.1) is 7.11 Å². The van der Waals surface area contributed by atoms with Crippen LogP contribution in [0.25, 0.3) is 0 Å². The molecule has 14 heavy (non-hydrogen) atoms. The number of hydrogen-bond acceptors (Lipinski definition) is 4. The number of rotatable bonds is 3. The van der Waals surface area contributed by atoms with Gasteiger partial charge in [0.2, 0.25) is 0 Å². The van der Waals surface area contributed by atoms with Gasteiger partial charge in [-0.25, -0.2) is 0 Å². The third-order valence-corrected chi connectivity index (χ3v) is 2.69. The first kappa shape index (κ1) is 11.2. The van der Waals surface area contributed by atoms with E-state index >= 15 is 0 Å². The summed E-state index contributed by atoms with van der Waals surface area (Å²) in [7, 11) is 1.28. The van der Waals surface area contributed by atoms with Gasteiger partial charge in [-0.2, -0.15) is 0 Å². The zero-order chi connectivity index (χ0) is 10.8. The lowest BCUT2D eigenvalue weighted by Crippen LogP contribution is -2.41. The number of ether oxygens (including phenoxy) is 2. The van der Waals surface area contributed by atoms with Crippen LogP contribution in [0.3, 0.4) is 0 Å². The summed E-state index contributed by atoms with van der Waals surface area (Å²) >= 11 is 0. The van der Waals surface area contributed by atoms with Crippen LogP contribution in [-0.4, -0.2) is 31.1 Å². The Bertz CT molecular complexity index is 241. The van der Waals surface area contributed by atoms with E-state index in [1.807, 2.05) is 0 Å². The van der Waals surface area contributed by atoms with Crippen LogP contribution in [-0.2, 0) is 19.1 Å². The lowest BCUT2D eigenvalue weighted by molar-refractivity contribution is -0.155. The zero-order valence-corrected chi connectivity index (χ0v) is 8.83. The lowest BCUT2D eigenvalue weighted by Gasteiger charge is -2.23. The van der Waals surface area contributed by atoms with E-state index < -0.39 is 17.5 Å². The molecule has 1 heterocycles. The molecule has 80 valence electrons. The van der Waals surface area contributed by atoms with Gasteiger partial charge in [0.25, 0.3) is 0 Å². The highest BCUT2D eigenvalue weighted by Crippen LogP contribution is 2.28. The minimum absolute atomic E-state index is 0.179. The summed E-state index contributed by atoms with van der Waals surface area (Å²) in [5.41, 5.74) is -0.784. The van der Waals surface area contributed by atoms with Crippen LogP contribution >= 0.6 is 0 Å². The maximum absolute atomic E-state index is 11.8. The molecule has 0 N–H and O–H groups in total. The average Bonchev–Trinajstić information content (AvgIpc) is 2.63. The molecule has 0 aromatic heterocycles. The van der Waals surface area contributed by atoms with E-state index in [0.717, 1.165) is 6.42 Å². The molecule has 0 amide bonds. The Morgan fingerprint density at radius 2 is 2.14 bits per heavy atom. The molecule has 0 aromatic rings. The third-order valence-electron chi connectivity index (χ3n) is 2.69. The van der Waals surface area contributed by atoms with Crippen LogP contribution in [0.5, 0.6) is 0 Å². The van der Waals surface area contributed by atoms with Crippen LogP contribution in [0.4, 0.5) is 0 Å². The zero-order valence-electron chi connectivity index (χ0n) is 8.83. The third kappa shape index (κ3) is 1.95. The van der Waals surface area contributed by atoms with Gasteiger partial charge in [-0.15, -0.1) is 0 Å². The van der Waals surface area contributed by atoms with Crippen molar-refractivity contribution < 1.29 is 19.1 Å². The highest BCUT2D eigenvalue weighted by Gasteiger charge is 2.42. The molecule has 2 atom stereocenters. The van der Waals surface area contributed by atoms with Gasteiger partial charge in [0.1, 0.15) is 11.5 Å². The van der Waals surface area contributed by atoms with Crippen molar-refractivity contribution in [2.45, 2.75) is 32.3 Å². The number of ketones is 1. The predicted octanol–water partition coefficient (Wildman–Crippen LogP) is 0.934. The van der Waals surface area contributed by atoms with Crippen LogP contribution in [0.15, 0.2) is 0 Å². The fourth-order valence-electron chi connectivity index (χ4n) is 1.72.